The second kappa shape index (κ2) is 28.6. The molecule has 0 bridgehead atoms. The van der Waals surface area contributed by atoms with Crippen LogP contribution in [0.25, 0.3) is 0 Å². The van der Waals surface area contributed by atoms with Crippen molar-refractivity contribution in [3.05, 3.63) is 0 Å². The first-order valence-electron chi connectivity index (χ1n) is 0. The van der Waals surface area contributed by atoms with Crippen LogP contribution in [0.15, 0.2) is 0 Å². The summed E-state index contributed by atoms with van der Waals surface area (Å²) in [5.74, 6) is 0. The van der Waals surface area contributed by atoms with E-state index >= 15 is 0 Å². The van der Waals surface area contributed by atoms with Crippen LogP contribution < -0.4 is 24.8 Å². The number of hydrogen-bond donors (Lipinski definition) is 0. The normalized spacial score (nSPS) is 0. The van der Waals surface area contributed by atoms with Crippen LogP contribution in [0.5, 0.6) is 0 Å². The first kappa shape index (κ1) is 60.4. The molecule has 4 heavy (non-hydrogen) atoms. The maximum atomic E-state index is 0. The Bertz CT molecular complexity index is 6.00. The van der Waals surface area contributed by atoms with Gasteiger partial charge < -0.3 is 30.3 Å². The summed E-state index contributed by atoms with van der Waals surface area (Å²) in [6, 6.07) is 0. The molecule has 0 aromatic heterocycles. The molecule has 0 aliphatic carbocycles. The molecule has 2 N–H and O–H groups in total. The van der Waals surface area contributed by atoms with Crippen LogP contribution >= 0.6 is 0 Å². The van der Waals surface area contributed by atoms with Crippen LogP contribution in [0.4, 0.5) is 0 Å². The molecule has 0 heterocycles. The van der Waals surface area contributed by atoms with Crippen LogP contribution in [0.1, 0.15) is 0 Å². The minimum absolute atomic E-state index is 0. The molecule has 0 unspecified atom stereocenters. The maximum absolute atomic E-state index is 0. The van der Waals surface area contributed by atoms with Crippen molar-refractivity contribution in [2.45, 2.75) is 0 Å². The summed E-state index contributed by atoms with van der Waals surface area (Å²) in [6.07, 6.45) is 0. The smallest absolute Gasteiger partial charge is 1.00 e. The molecule has 0 atom stereocenters. The summed E-state index contributed by atoms with van der Waals surface area (Å²) < 4.78 is 0. The topological polar surface area (TPSA) is 31.5 Å². The van der Waals surface area contributed by atoms with E-state index in [1.165, 1.54) is 0 Å². The average Bonchev–Trinajstić information content (AvgIpc) is 0. The Morgan fingerprint density at radius 3 is 0.750 bits per heavy atom. The van der Waals surface area contributed by atoms with E-state index < -0.39 is 0 Å². The zero-order chi connectivity index (χ0) is 0. The van der Waals surface area contributed by atoms with E-state index in [1.807, 2.05) is 0 Å². The minimum Gasteiger partial charge on any atom is -1.00 e. The predicted octanol–water partition coefficient (Wildman–Crippen LogP) is -6.82. The Hall–Kier alpha value is 1.25. The van der Waals surface area contributed by atoms with Gasteiger partial charge in [0.1, 0.15) is 0 Å². The van der Waals surface area contributed by atoms with Crippen LogP contribution in [-0.2, 0) is 21.7 Å². The van der Waals surface area contributed by atoms with Gasteiger partial charge in [-0.25, -0.2) is 0 Å². The van der Waals surface area contributed by atoms with Crippen molar-refractivity contribution in [2.75, 3.05) is 0 Å². The Morgan fingerprint density at radius 1 is 0.750 bits per heavy atom. The van der Waals surface area contributed by atoms with Gasteiger partial charge in [-0.3, -0.25) is 0 Å². The molecule has 0 saturated carbocycles. The van der Waals surface area contributed by atoms with Gasteiger partial charge in [-0.15, -0.1) is 0 Å². The maximum Gasteiger partial charge on any atom is 4.00 e. The van der Waals surface area contributed by atoms with Gasteiger partial charge in [0.15, 0.2) is 0 Å². The number of hydrogen-bond acceptors (Lipinski definition) is 0. The molecular weight excluding hydrogens is 135 g/mol. The van der Waals surface area contributed by atoms with Gasteiger partial charge in [0.05, 0.1) is 0 Å². The predicted molar refractivity (Wildman–Crippen MR) is 3.61 cm³/mol. The summed E-state index contributed by atoms with van der Waals surface area (Å²) in [5.41, 5.74) is 0. The minimum atomic E-state index is 0. The molecule has 0 aromatic carbocycles. The van der Waals surface area contributed by atoms with Crippen LogP contribution in [0, 0.1) is 0 Å². The van der Waals surface area contributed by atoms with E-state index in [1.54, 1.807) is 0 Å². The van der Waals surface area contributed by atoms with E-state index in [4.69, 9.17) is 0 Å². The molecule has 0 rings (SSSR count). The fourth-order valence-electron chi connectivity index (χ4n) is 0. The van der Waals surface area contributed by atoms with E-state index in [0.29, 0.717) is 0 Å². The fraction of sp³-hybridized carbons (Fsp3) is 0. The van der Waals surface area contributed by atoms with Gasteiger partial charge in [0, 0.05) is 0 Å². The largest absolute Gasteiger partial charge is 4.00 e. The van der Waals surface area contributed by atoms with E-state index in [2.05, 4.69) is 0 Å². The molecule has 0 saturated heterocycles. The van der Waals surface area contributed by atoms with Crippen molar-refractivity contribution in [2.24, 2.45) is 0 Å². The van der Waals surface area contributed by atoms with Crippen LogP contribution in [0.2, 0.25) is 0 Å². The molecular formula is H2Cl2OTi+2. The molecule has 0 radical (unpaired) electrons. The Morgan fingerprint density at radius 2 is 0.750 bits per heavy atom. The monoisotopic (exact) mass is 136 g/mol. The van der Waals surface area contributed by atoms with Crippen molar-refractivity contribution < 1.29 is 52.0 Å². The average molecular weight is 137 g/mol. The van der Waals surface area contributed by atoms with Crippen molar-refractivity contribution >= 4 is 0 Å². The molecule has 0 aliphatic heterocycles. The fourth-order valence-corrected chi connectivity index (χ4v) is 0. The first-order valence-corrected chi connectivity index (χ1v) is 0. The molecule has 0 aliphatic rings. The van der Waals surface area contributed by atoms with E-state index in [-0.39, 0.29) is 52.0 Å². The quantitative estimate of drug-likeness (QED) is 0.297. The molecule has 1 nitrogen and oxygen atoms in total. The van der Waals surface area contributed by atoms with Gasteiger partial charge in [-0.2, -0.15) is 0 Å². The second-order valence-corrected chi connectivity index (χ2v) is 0. The van der Waals surface area contributed by atoms with Gasteiger partial charge in [-0.1, -0.05) is 0 Å². The summed E-state index contributed by atoms with van der Waals surface area (Å²) in [5, 5.41) is 0. The zero-order valence-corrected chi connectivity index (χ0v) is 4.83. The Labute approximate surface area is 52.2 Å². The number of halogens is 2. The van der Waals surface area contributed by atoms with E-state index in [0.717, 1.165) is 0 Å². The van der Waals surface area contributed by atoms with Crippen LogP contribution in [-0.4, -0.2) is 5.48 Å². The van der Waals surface area contributed by atoms with Crippen molar-refractivity contribution in [1.82, 2.24) is 0 Å². The van der Waals surface area contributed by atoms with Gasteiger partial charge >= 0.3 is 21.7 Å². The molecule has 0 spiro atoms. The van der Waals surface area contributed by atoms with Crippen LogP contribution in [0.3, 0.4) is 0 Å². The summed E-state index contributed by atoms with van der Waals surface area (Å²) >= 11 is 0. The van der Waals surface area contributed by atoms with Crippen molar-refractivity contribution in [1.29, 1.82) is 0 Å². The molecule has 0 amide bonds. The third-order valence-electron chi connectivity index (χ3n) is 0. The first-order chi connectivity index (χ1) is 0. The Kier molecular flexibility index (Phi) is 433. The number of rotatable bonds is 0. The third kappa shape index (κ3) is 10.5. The van der Waals surface area contributed by atoms with E-state index in [9.17, 15) is 0 Å². The Balaban J connectivity index is 0. The summed E-state index contributed by atoms with van der Waals surface area (Å²) in [4.78, 5) is 0. The van der Waals surface area contributed by atoms with Crippen molar-refractivity contribution in [3.63, 3.8) is 0 Å². The van der Waals surface area contributed by atoms with Gasteiger partial charge in [0.25, 0.3) is 0 Å². The molecule has 24 valence electrons. The van der Waals surface area contributed by atoms with Gasteiger partial charge in [0.2, 0.25) is 0 Å². The summed E-state index contributed by atoms with van der Waals surface area (Å²) in [7, 11) is 0. The molecule has 0 aromatic rings. The van der Waals surface area contributed by atoms with Crippen molar-refractivity contribution in [3.8, 4) is 0 Å². The third-order valence-corrected chi connectivity index (χ3v) is 0. The summed E-state index contributed by atoms with van der Waals surface area (Å²) in [6.45, 7) is 0. The standard InChI is InChI=1S/2ClH.H2O.Ti/h2*1H;1H2;/q;;;+4/p-2. The van der Waals surface area contributed by atoms with Gasteiger partial charge in [-0.05, 0) is 0 Å². The molecule has 4 heteroatoms. The SMILES string of the molecule is O.[Cl-].[Cl-].[Ti+4]. The molecule has 0 fully saturated rings. The second-order valence-electron chi connectivity index (χ2n) is 0. The zero-order valence-electron chi connectivity index (χ0n) is 1.76.